The van der Waals surface area contributed by atoms with Crippen molar-refractivity contribution in [3.8, 4) is 45.0 Å². The minimum Gasteiger partial charge on any atom is -0.267 e. The zero-order valence-electron chi connectivity index (χ0n) is 28.1. The molecular weight excluding hydrogens is 658 g/mol. The largest absolute Gasteiger partial charge is 0.338 e. The summed E-state index contributed by atoms with van der Waals surface area (Å²) in [5, 5.41) is 0. The molecule has 7 aromatic carbocycles. The molecule has 1 aliphatic heterocycles. The number of nitrogens with zero attached hydrogens (tertiary/aromatic N) is 5. The van der Waals surface area contributed by atoms with Gasteiger partial charge in [0.05, 0.1) is 22.7 Å². The molecule has 7 heteroatoms. The Hall–Kier alpha value is -6.62. The summed E-state index contributed by atoms with van der Waals surface area (Å²) >= 11 is 0. The van der Waals surface area contributed by atoms with E-state index in [1.54, 1.807) is 0 Å². The molecule has 0 atom stereocenters. The molecule has 0 aliphatic carbocycles. The van der Waals surface area contributed by atoms with E-state index in [1.165, 1.54) is 0 Å². The van der Waals surface area contributed by atoms with Crippen LogP contribution in [-0.4, -0.2) is 15.0 Å². The highest BCUT2D eigenvalue weighted by atomic mass is 31.2. The highest BCUT2D eigenvalue weighted by Gasteiger charge is 2.51. The van der Waals surface area contributed by atoms with Gasteiger partial charge in [0.15, 0.2) is 11.6 Å². The van der Waals surface area contributed by atoms with Crippen LogP contribution in [0.25, 0.3) is 45.0 Å². The molecule has 52 heavy (non-hydrogen) atoms. The Balaban J connectivity index is 1.33. The molecule has 9 rings (SSSR count). The molecule has 2 heterocycles. The number of aromatic nitrogens is 3. The van der Waals surface area contributed by atoms with Crippen LogP contribution in [0.3, 0.4) is 0 Å². The first-order chi connectivity index (χ1) is 25.7. The molecule has 8 aromatic rings. The fraction of sp³-hybridized carbons (Fsp3) is 0. The first kappa shape index (κ1) is 31.4. The molecule has 0 bridgehead atoms. The molecule has 1 aliphatic rings. The van der Waals surface area contributed by atoms with Crippen LogP contribution in [-0.2, 0) is 4.57 Å². The van der Waals surface area contributed by atoms with Crippen molar-refractivity contribution in [1.29, 1.82) is 0 Å². The summed E-state index contributed by atoms with van der Waals surface area (Å²) in [6.45, 7) is 0. The highest BCUT2D eigenvalue weighted by molar-refractivity contribution is 7.75. The number of hydrogen-bond acceptors (Lipinski definition) is 4. The predicted octanol–water partition coefficient (Wildman–Crippen LogP) is 11.3. The molecule has 0 N–H and O–H groups in total. The Kier molecular flexibility index (Phi) is 8.00. The summed E-state index contributed by atoms with van der Waals surface area (Å²) in [5.74, 6) is 0.901. The fourth-order valence-electron chi connectivity index (χ4n) is 6.80. The van der Waals surface area contributed by atoms with Crippen molar-refractivity contribution in [3.05, 3.63) is 194 Å². The van der Waals surface area contributed by atoms with Crippen LogP contribution < -0.4 is 14.9 Å². The zero-order chi connectivity index (χ0) is 34.9. The number of rotatable bonds is 7. The molecule has 0 fully saturated rings. The Morgan fingerprint density at radius 1 is 0.346 bits per heavy atom. The van der Waals surface area contributed by atoms with Crippen LogP contribution in [0.2, 0.25) is 0 Å². The first-order valence-electron chi connectivity index (χ1n) is 17.2. The lowest BCUT2D eigenvalue weighted by atomic mass is 10.0. The Bertz CT molecular complexity index is 2390. The lowest BCUT2D eigenvalue weighted by Crippen LogP contribution is -2.31. The smallest absolute Gasteiger partial charge is 0.267 e. The van der Waals surface area contributed by atoms with Crippen molar-refractivity contribution in [2.24, 2.45) is 0 Å². The molecule has 0 radical (unpaired) electrons. The minimum absolute atomic E-state index is 0.187. The van der Waals surface area contributed by atoms with Gasteiger partial charge in [-0.25, -0.2) is 15.0 Å². The molecule has 0 saturated carbocycles. The van der Waals surface area contributed by atoms with E-state index < -0.39 is 7.44 Å². The molecule has 1 aromatic heterocycles. The average Bonchev–Trinajstić information content (AvgIpc) is 3.51. The second-order valence-electron chi connectivity index (χ2n) is 12.5. The van der Waals surface area contributed by atoms with E-state index in [2.05, 4.69) is 48.5 Å². The van der Waals surface area contributed by atoms with E-state index in [9.17, 15) is 0 Å². The van der Waals surface area contributed by atoms with Crippen molar-refractivity contribution in [3.63, 3.8) is 0 Å². The Morgan fingerprint density at radius 3 is 1.10 bits per heavy atom. The summed E-state index contributed by atoms with van der Waals surface area (Å²) < 4.78 is 20.8. The quantitative estimate of drug-likeness (QED) is 0.155. The summed E-state index contributed by atoms with van der Waals surface area (Å²) in [6.07, 6.45) is 0. The third kappa shape index (κ3) is 5.56. The lowest BCUT2D eigenvalue weighted by molar-refractivity contribution is 0.581. The van der Waals surface area contributed by atoms with Crippen LogP contribution in [0.5, 0.6) is 0 Å². The normalized spacial score (nSPS) is 13.2. The van der Waals surface area contributed by atoms with Gasteiger partial charge in [0.1, 0.15) is 0 Å². The lowest BCUT2D eigenvalue weighted by Gasteiger charge is -2.32. The summed E-state index contributed by atoms with van der Waals surface area (Å²) in [4.78, 5) is 15.2. The molecule has 0 saturated heterocycles. The number of benzene rings is 7. The number of hydrogen-bond donors (Lipinski definition) is 0. The van der Waals surface area contributed by atoms with Crippen molar-refractivity contribution < 1.29 is 4.57 Å². The monoisotopic (exact) mass is 689 g/mol. The van der Waals surface area contributed by atoms with Gasteiger partial charge in [-0.1, -0.05) is 158 Å². The van der Waals surface area contributed by atoms with Crippen molar-refractivity contribution in [2.45, 2.75) is 0 Å². The van der Waals surface area contributed by atoms with E-state index in [0.717, 1.165) is 56.1 Å². The van der Waals surface area contributed by atoms with Crippen LogP contribution in [0, 0.1) is 0 Å². The third-order valence-corrected chi connectivity index (χ3v) is 11.9. The van der Waals surface area contributed by atoms with Crippen LogP contribution in [0.1, 0.15) is 0 Å². The van der Waals surface area contributed by atoms with E-state index >= 15 is 4.57 Å². The number of anilines is 4. The van der Waals surface area contributed by atoms with Gasteiger partial charge >= 0.3 is 7.44 Å². The fourth-order valence-corrected chi connectivity index (χ4v) is 9.58. The average molecular weight is 690 g/mol. The standard InChI is InChI=1S/C45H32N5OP/c51-52(45-47-43(35-21-9-3-10-22-35)46-44(48-45)36-23-11-4-12-24-36)49(39-27-15-25-37(31-39)33-17-5-1-6-18-33)41-29-13-14-30-42(41)50(52)40-28-16-26-38(32-40)34-19-7-2-8-20-34/h1-32H. The summed E-state index contributed by atoms with van der Waals surface area (Å²) in [5.41, 5.74) is 9.08. The third-order valence-electron chi connectivity index (χ3n) is 9.22. The van der Waals surface area contributed by atoms with Gasteiger partial charge in [-0.05, 0) is 58.7 Å². The molecule has 0 amide bonds. The number of para-hydroxylation sites is 2. The number of fused-ring (bicyclic) bond motifs is 1. The second kappa shape index (κ2) is 13.3. The second-order valence-corrected chi connectivity index (χ2v) is 14.8. The van der Waals surface area contributed by atoms with Crippen LogP contribution in [0.4, 0.5) is 22.7 Å². The van der Waals surface area contributed by atoms with E-state index in [-0.39, 0.29) is 5.57 Å². The van der Waals surface area contributed by atoms with Crippen molar-refractivity contribution >= 4 is 35.8 Å². The van der Waals surface area contributed by atoms with Gasteiger partial charge in [0.2, 0.25) is 5.57 Å². The first-order valence-corrected chi connectivity index (χ1v) is 18.8. The van der Waals surface area contributed by atoms with Crippen molar-refractivity contribution in [1.82, 2.24) is 15.0 Å². The summed E-state index contributed by atoms with van der Waals surface area (Å²) in [7, 11) is -3.98. The van der Waals surface area contributed by atoms with Gasteiger partial charge in [0.25, 0.3) is 0 Å². The van der Waals surface area contributed by atoms with Gasteiger partial charge in [-0.3, -0.25) is 13.9 Å². The molecule has 0 spiro atoms. The molecule has 6 nitrogen and oxygen atoms in total. The van der Waals surface area contributed by atoms with Gasteiger partial charge in [-0.2, -0.15) is 0 Å². The Morgan fingerprint density at radius 2 is 0.692 bits per heavy atom. The maximum absolute atomic E-state index is 16.9. The topological polar surface area (TPSA) is 62.2 Å². The van der Waals surface area contributed by atoms with Gasteiger partial charge in [-0.15, -0.1) is 0 Å². The van der Waals surface area contributed by atoms with E-state index in [0.29, 0.717) is 11.6 Å². The van der Waals surface area contributed by atoms with Gasteiger partial charge in [0, 0.05) is 11.1 Å². The van der Waals surface area contributed by atoms with Crippen LogP contribution >= 0.6 is 7.44 Å². The van der Waals surface area contributed by atoms with E-state index in [1.807, 2.05) is 155 Å². The summed E-state index contributed by atoms with van der Waals surface area (Å²) in [6, 6.07) is 64.5. The molecule has 0 unspecified atom stereocenters. The Labute approximate surface area is 302 Å². The zero-order valence-corrected chi connectivity index (χ0v) is 29.0. The molecular formula is C45H32N5OP. The van der Waals surface area contributed by atoms with Crippen molar-refractivity contribution in [2.75, 3.05) is 9.34 Å². The highest BCUT2D eigenvalue weighted by Crippen LogP contribution is 2.69. The maximum Gasteiger partial charge on any atom is 0.338 e. The van der Waals surface area contributed by atoms with Crippen LogP contribution in [0.15, 0.2) is 194 Å². The minimum atomic E-state index is -3.98. The predicted molar refractivity (Wildman–Crippen MR) is 212 cm³/mol. The maximum atomic E-state index is 16.9. The van der Waals surface area contributed by atoms with Gasteiger partial charge < -0.3 is 0 Å². The SMILES string of the molecule is O=P1(c2nc(-c3ccccc3)nc(-c3ccccc3)n2)N(c2cccc(-c3ccccc3)c2)c2ccccc2N1c1cccc(-c2ccccc2)c1. The molecule has 248 valence electrons. The van der Waals surface area contributed by atoms with E-state index in [4.69, 9.17) is 15.0 Å².